The van der Waals surface area contributed by atoms with Crippen LogP contribution in [-0.4, -0.2) is 87.1 Å². The lowest BCUT2D eigenvalue weighted by Gasteiger charge is -2.44. The Morgan fingerprint density at radius 1 is 1.09 bits per heavy atom. The van der Waals surface area contributed by atoms with E-state index in [1.807, 2.05) is 77.1 Å². The summed E-state index contributed by atoms with van der Waals surface area (Å²) in [6.45, 7) is 11.4. The van der Waals surface area contributed by atoms with Crippen molar-refractivity contribution in [1.29, 1.82) is 0 Å². The van der Waals surface area contributed by atoms with E-state index in [9.17, 15) is 24.3 Å². The van der Waals surface area contributed by atoms with Crippen molar-refractivity contribution >= 4 is 23.7 Å². The van der Waals surface area contributed by atoms with Gasteiger partial charge in [0.1, 0.15) is 23.7 Å². The molecule has 2 saturated heterocycles. The van der Waals surface area contributed by atoms with E-state index in [-0.39, 0.29) is 37.3 Å². The Balaban J connectivity index is 1.64. The summed E-state index contributed by atoms with van der Waals surface area (Å²) < 4.78 is 12.8. The molecule has 0 saturated carbocycles. The number of carbonyl (C=O) groups is 4. The number of ether oxygens (including phenoxy) is 2. The maximum atomic E-state index is 14.8. The highest BCUT2D eigenvalue weighted by Gasteiger charge is 2.74. The molecular weight excluding hydrogens is 574 g/mol. The zero-order chi connectivity index (χ0) is 32.7. The van der Waals surface area contributed by atoms with Crippen molar-refractivity contribution in [2.75, 3.05) is 13.2 Å². The summed E-state index contributed by atoms with van der Waals surface area (Å²) in [5.41, 5.74) is -1.32. The zero-order valence-corrected chi connectivity index (χ0v) is 27.1. The summed E-state index contributed by atoms with van der Waals surface area (Å²) >= 11 is 0. The van der Waals surface area contributed by atoms with Gasteiger partial charge in [0.05, 0.1) is 30.7 Å². The second kappa shape index (κ2) is 12.7. The minimum atomic E-state index is -1.40. The van der Waals surface area contributed by atoms with E-state index in [1.54, 1.807) is 24.0 Å². The van der Waals surface area contributed by atoms with E-state index >= 15 is 0 Å². The number of aliphatic hydroxyl groups is 1. The van der Waals surface area contributed by atoms with Gasteiger partial charge in [-0.15, -0.1) is 0 Å². The first-order valence-corrected chi connectivity index (χ1v) is 16.2. The van der Waals surface area contributed by atoms with Crippen LogP contribution in [0.25, 0.3) is 0 Å². The molecule has 4 heterocycles. The number of nitrogens with zero attached hydrogens (tertiary/aromatic N) is 2. The molecule has 2 N–H and O–H groups in total. The van der Waals surface area contributed by atoms with Crippen LogP contribution in [0.2, 0.25) is 0 Å². The number of aliphatic hydroxyl groups excluding tert-OH is 1. The van der Waals surface area contributed by atoms with E-state index in [1.165, 1.54) is 4.90 Å². The molecule has 0 aromatic heterocycles. The zero-order valence-electron chi connectivity index (χ0n) is 27.1. The summed E-state index contributed by atoms with van der Waals surface area (Å²) in [6.07, 6.45) is 7.06. The van der Waals surface area contributed by atoms with Crippen molar-refractivity contribution in [2.45, 2.75) is 102 Å². The maximum absolute atomic E-state index is 14.8. The third-order valence-corrected chi connectivity index (χ3v) is 9.95. The van der Waals surface area contributed by atoms with Crippen LogP contribution >= 0.6 is 0 Å². The summed E-state index contributed by atoms with van der Waals surface area (Å²) in [7, 11) is 0. The highest BCUT2D eigenvalue weighted by molar-refractivity contribution is 5.99. The lowest BCUT2D eigenvalue weighted by molar-refractivity contribution is -0.162. The van der Waals surface area contributed by atoms with E-state index in [0.717, 1.165) is 0 Å². The van der Waals surface area contributed by atoms with Gasteiger partial charge in [-0.25, -0.2) is 0 Å². The molecule has 45 heavy (non-hydrogen) atoms. The predicted molar refractivity (Wildman–Crippen MR) is 167 cm³/mol. The average molecular weight is 622 g/mol. The van der Waals surface area contributed by atoms with Crippen LogP contribution in [0.5, 0.6) is 0 Å². The number of carbonyl (C=O) groups excluding carboxylic acids is 4. The minimum Gasteiger partial charge on any atom is -0.455 e. The minimum absolute atomic E-state index is 0.121. The molecule has 9 atom stereocenters. The van der Waals surface area contributed by atoms with E-state index in [2.05, 4.69) is 5.32 Å². The summed E-state index contributed by atoms with van der Waals surface area (Å²) in [5.74, 6) is -3.67. The van der Waals surface area contributed by atoms with Crippen LogP contribution in [0.3, 0.4) is 0 Å². The smallest absolute Gasteiger partial charge is 0.313 e. The van der Waals surface area contributed by atoms with Gasteiger partial charge < -0.3 is 29.7 Å². The van der Waals surface area contributed by atoms with Crippen LogP contribution in [-0.2, 0) is 28.7 Å². The molecule has 2 fully saturated rings. The Morgan fingerprint density at radius 2 is 1.80 bits per heavy atom. The van der Waals surface area contributed by atoms with Crippen molar-refractivity contribution in [2.24, 2.45) is 17.8 Å². The maximum Gasteiger partial charge on any atom is 0.313 e. The van der Waals surface area contributed by atoms with Crippen LogP contribution in [0.15, 0.2) is 54.6 Å². The van der Waals surface area contributed by atoms with Gasteiger partial charge >= 0.3 is 5.97 Å². The van der Waals surface area contributed by atoms with E-state index in [0.29, 0.717) is 18.4 Å². The highest BCUT2D eigenvalue weighted by atomic mass is 16.6. The number of hydrogen-bond acceptors (Lipinski definition) is 7. The first-order chi connectivity index (χ1) is 21.4. The van der Waals surface area contributed by atoms with Crippen LogP contribution in [0, 0.1) is 17.8 Å². The molecule has 10 heteroatoms. The Hall–Kier alpha value is -3.50. The molecule has 244 valence electrons. The van der Waals surface area contributed by atoms with Gasteiger partial charge in [-0.2, -0.15) is 0 Å². The number of esters is 1. The lowest BCUT2D eigenvalue weighted by atomic mass is 9.74. The normalized spacial score (nSPS) is 34.4. The molecule has 5 bridgehead atoms. The molecule has 5 rings (SSSR count). The Bertz CT molecular complexity index is 1350. The molecule has 1 spiro atoms. The molecule has 4 aliphatic heterocycles. The third kappa shape index (κ3) is 5.83. The Kier molecular flexibility index (Phi) is 9.29. The van der Waals surface area contributed by atoms with E-state index < -0.39 is 65.2 Å². The van der Waals surface area contributed by atoms with Gasteiger partial charge in [-0.1, -0.05) is 74.9 Å². The van der Waals surface area contributed by atoms with Gasteiger partial charge in [0.25, 0.3) is 0 Å². The van der Waals surface area contributed by atoms with Crippen LogP contribution in [0.4, 0.5) is 0 Å². The standard InChI is InChI=1S/C35H47N3O7/c1-7-21(2)24(20-39)38-30-32(42)37(34(4,5)6)19-13-9-12-16-26(40)36-22(3)29(23-14-10-8-11-15-23)44-33(43)27-25-17-18-35(30,45-25)28(27)31(38)41/h8-11,13-15,17-18,21-22,24-25,27-30,39H,7,12,16,19-20H2,1-6H3,(H,36,40)/b13-9-/t21-,22-,24-,25+,27-,28-,29+,30+,35-/m0/s1. The van der Waals surface area contributed by atoms with Gasteiger partial charge in [0, 0.05) is 18.5 Å². The molecule has 0 radical (unpaired) electrons. The number of allylic oxidation sites excluding steroid dienone is 1. The second-order valence-electron chi connectivity index (χ2n) is 13.8. The summed E-state index contributed by atoms with van der Waals surface area (Å²) in [6, 6.07) is 6.90. The average Bonchev–Trinajstić information content (AvgIpc) is 3.64. The molecule has 1 aromatic carbocycles. The quantitative estimate of drug-likeness (QED) is 0.382. The SMILES string of the molecule is CC[C@H](C)[C@H](CO)N1C(=O)[C@@H]2[C@H]3C(=O)O[C@@H](c4ccccc4)[C@H](C)NC(=O)CC/C=C\CN(C(C)(C)C)C(=O)[C@@H]1[C@]21C=C[C@H]3O1. The van der Waals surface area contributed by atoms with Crippen molar-refractivity contribution in [1.82, 2.24) is 15.1 Å². The lowest BCUT2D eigenvalue weighted by Crippen LogP contribution is -2.62. The summed E-state index contributed by atoms with van der Waals surface area (Å²) in [4.78, 5) is 59.7. The molecule has 0 unspecified atom stereocenters. The van der Waals surface area contributed by atoms with Crippen molar-refractivity contribution in [3.05, 3.63) is 60.2 Å². The van der Waals surface area contributed by atoms with Crippen molar-refractivity contribution < 1.29 is 33.8 Å². The predicted octanol–water partition coefficient (Wildman–Crippen LogP) is 3.31. The number of nitrogens with one attached hydrogen (secondary N) is 1. The Morgan fingerprint density at radius 3 is 2.44 bits per heavy atom. The first-order valence-electron chi connectivity index (χ1n) is 16.2. The van der Waals surface area contributed by atoms with Crippen LogP contribution in [0.1, 0.15) is 72.5 Å². The number of cyclic esters (lactones) is 1. The number of hydrogen-bond donors (Lipinski definition) is 2. The number of likely N-dealkylation sites (tertiary alicyclic amines) is 1. The van der Waals surface area contributed by atoms with Crippen LogP contribution < -0.4 is 5.32 Å². The van der Waals surface area contributed by atoms with Gasteiger partial charge in [-0.3, -0.25) is 19.2 Å². The van der Waals surface area contributed by atoms with Crippen molar-refractivity contribution in [3.8, 4) is 0 Å². The molecule has 3 amide bonds. The van der Waals surface area contributed by atoms with Gasteiger partial charge in [0.15, 0.2) is 0 Å². The number of rotatable bonds is 5. The Labute approximate surface area is 265 Å². The molecular formula is C35H47N3O7. The number of fused-ring (bicyclic) bond motifs is 2. The molecule has 10 nitrogen and oxygen atoms in total. The second-order valence-corrected chi connectivity index (χ2v) is 13.8. The third-order valence-electron chi connectivity index (χ3n) is 9.95. The molecule has 4 aliphatic rings. The fraction of sp³-hybridized carbons (Fsp3) is 0.600. The fourth-order valence-corrected chi connectivity index (χ4v) is 7.39. The highest BCUT2D eigenvalue weighted by Crippen LogP contribution is 2.57. The molecule has 1 aromatic rings. The monoisotopic (exact) mass is 621 g/mol. The number of benzene rings is 1. The topological polar surface area (TPSA) is 125 Å². The molecule has 0 aliphatic carbocycles. The summed E-state index contributed by atoms with van der Waals surface area (Å²) in [5, 5.41) is 13.6. The number of amides is 3. The largest absolute Gasteiger partial charge is 0.455 e. The van der Waals surface area contributed by atoms with Crippen molar-refractivity contribution in [3.63, 3.8) is 0 Å². The first kappa shape index (κ1) is 32.9. The van der Waals surface area contributed by atoms with Gasteiger partial charge in [-0.05, 0) is 45.6 Å². The van der Waals surface area contributed by atoms with Gasteiger partial charge in [0.2, 0.25) is 17.7 Å². The fourth-order valence-electron chi connectivity index (χ4n) is 7.39. The van der Waals surface area contributed by atoms with E-state index in [4.69, 9.17) is 9.47 Å².